The highest BCUT2D eigenvalue weighted by atomic mass is 16.2. The highest BCUT2D eigenvalue weighted by Gasteiger charge is 2.38. The van der Waals surface area contributed by atoms with Gasteiger partial charge in [-0.1, -0.05) is 6.07 Å². The number of nitrogens with zero attached hydrogens (tertiary/aromatic N) is 2. The maximum absolute atomic E-state index is 11.5. The molecule has 1 aliphatic rings. The van der Waals surface area contributed by atoms with Gasteiger partial charge >= 0.3 is 0 Å². The lowest BCUT2D eigenvalue weighted by atomic mass is 9.96. The molecule has 2 rings (SSSR count). The summed E-state index contributed by atoms with van der Waals surface area (Å²) in [5, 5.41) is 0. The number of hydrogen-bond acceptors (Lipinski definition) is 3. The molecule has 1 aromatic heterocycles. The average molecular weight is 204 g/mol. The Balaban J connectivity index is 2.34. The number of amides is 1. The van der Waals surface area contributed by atoms with E-state index < -0.39 is 0 Å². The van der Waals surface area contributed by atoms with Crippen molar-refractivity contribution < 1.29 is 9.59 Å². The summed E-state index contributed by atoms with van der Waals surface area (Å²) in [5.74, 6) is -0.229. The van der Waals surface area contributed by atoms with E-state index in [-0.39, 0.29) is 17.9 Å². The van der Waals surface area contributed by atoms with Crippen molar-refractivity contribution in [1.82, 2.24) is 9.88 Å². The number of aromatic nitrogens is 1. The zero-order chi connectivity index (χ0) is 10.8. The zero-order valence-corrected chi connectivity index (χ0v) is 8.46. The lowest BCUT2D eigenvalue weighted by Gasteiger charge is -2.22. The van der Waals surface area contributed by atoms with Gasteiger partial charge in [0, 0.05) is 31.8 Å². The Morgan fingerprint density at radius 2 is 2.40 bits per heavy atom. The topological polar surface area (TPSA) is 50.3 Å². The van der Waals surface area contributed by atoms with Gasteiger partial charge in [-0.3, -0.25) is 9.78 Å². The highest BCUT2D eigenvalue weighted by molar-refractivity contribution is 5.83. The number of pyridine rings is 1. The fourth-order valence-corrected chi connectivity index (χ4v) is 2.04. The first-order valence-electron chi connectivity index (χ1n) is 4.85. The molecule has 0 aliphatic carbocycles. The third kappa shape index (κ3) is 1.63. The number of rotatable bonds is 2. The lowest BCUT2D eigenvalue weighted by Crippen LogP contribution is -2.24. The molecule has 4 heteroatoms. The molecule has 1 amide bonds. The van der Waals surface area contributed by atoms with Gasteiger partial charge in [0.05, 0.1) is 6.04 Å². The van der Waals surface area contributed by atoms with Crippen LogP contribution in [0.25, 0.3) is 0 Å². The zero-order valence-electron chi connectivity index (χ0n) is 8.46. The fraction of sp³-hybridized carbons (Fsp3) is 0.364. The van der Waals surface area contributed by atoms with Crippen molar-refractivity contribution in [2.75, 3.05) is 7.05 Å². The minimum absolute atomic E-state index is 0.0148. The largest absolute Gasteiger partial charge is 0.338 e. The molecule has 0 bridgehead atoms. The number of carbonyl (C=O) groups is 2. The Kier molecular flexibility index (Phi) is 2.49. The normalized spacial score (nSPS) is 25.7. The highest BCUT2D eigenvalue weighted by Crippen LogP contribution is 2.34. The van der Waals surface area contributed by atoms with Gasteiger partial charge in [-0.25, -0.2) is 0 Å². The standard InChI is InChI=1S/C11H12N2O2/c1-13-10(15)5-9(7-14)11(13)8-3-2-4-12-6-8/h2-4,6-7,9,11H,5H2,1H3/t9-,11-/m1/s1. The van der Waals surface area contributed by atoms with Crippen LogP contribution in [0.2, 0.25) is 0 Å². The maximum atomic E-state index is 11.5. The van der Waals surface area contributed by atoms with Gasteiger partial charge in [0.1, 0.15) is 6.29 Å². The molecule has 0 saturated carbocycles. The predicted molar refractivity (Wildman–Crippen MR) is 53.9 cm³/mol. The summed E-state index contributed by atoms with van der Waals surface area (Å²) in [6.45, 7) is 0. The molecule has 0 radical (unpaired) electrons. The summed E-state index contributed by atoms with van der Waals surface area (Å²) in [6, 6.07) is 3.56. The Morgan fingerprint density at radius 3 is 3.00 bits per heavy atom. The van der Waals surface area contributed by atoms with Crippen LogP contribution in [0.3, 0.4) is 0 Å². The van der Waals surface area contributed by atoms with Gasteiger partial charge in [0.15, 0.2) is 0 Å². The van der Waals surface area contributed by atoms with E-state index in [2.05, 4.69) is 4.98 Å². The van der Waals surface area contributed by atoms with Crippen LogP contribution in [-0.2, 0) is 9.59 Å². The molecule has 2 heterocycles. The van der Waals surface area contributed by atoms with Gasteiger partial charge in [0.25, 0.3) is 0 Å². The van der Waals surface area contributed by atoms with Crippen molar-refractivity contribution in [2.24, 2.45) is 5.92 Å². The fourth-order valence-electron chi connectivity index (χ4n) is 2.04. The molecule has 0 unspecified atom stereocenters. The minimum Gasteiger partial charge on any atom is -0.338 e. The smallest absolute Gasteiger partial charge is 0.223 e. The maximum Gasteiger partial charge on any atom is 0.223 e. The van der Waals surface area contributed by atoms with Gasteiger partial charge in [0.2, 0.25) is 5.91 Å². The predicted octanol–water partition coefficient (Wildman–Crippen LogP) is 0.800. The van der Waals surface area contributed by atoms with Crippen LogP contribution in [0, 0.1) is 5.92 Å². The molecule has 78 valence electrons. The van der Waals surface area contributed by atoms with Crippen LogP contribution in [0.1, 0.15) is 18.0 Å². The first-order valence-corrected chi connectivity index (χ1v) is 4.85. The molecule has 15 heavy (non-hydrogen) atoms. The van der Waals surface area contributed by atoms with Crippen molar-refractivity contribution >= 4 is 12.2 Å². The number of carbonyl (C=O) groups excluding carboxylic acids is 2. The van der Waals surface area contributed by atoms with Crippen molar-refractivity contribution in [2.45, 2.75) is 12.5 Å². The number of aldehydes is 1. The molecule has 0 aromatic carbocycles. The average Bonchev–Trinajstić information content (AvgIpc) is 2.56. The monoisotopic (exact) mass is 204 g/mol. The Labute approximate surface area is 87.9 Å². The molecule has 2 atom stereocenters. The third-order valence-electron chi connectivity index (χ3n) is 2.83. The first kappa shape index (κ1) is 9.83. The minimum atomic E-state index is -0.244. The molecule has 1 aromatic rings. The summed E-state index contributed by atoms with van der Waals surface area (Å²) < 4.78 is 0. The SMILES string of the molecule is CN1C(=O)C[C@H](C=O)[C@H]1c1cccnc1. The summed E-state index contributed by atoms with van der Waals surface area (Å²) in [4.78, 5) is 28.0. The van der Waals surface area contributed by atoms with Crippen molar-refractivity contribution in [3.63, 3.8) is 0 Å². The summed E-state index contributed by atoms with van der Waals surface area (Å²) >= 11 is 0. The van der Waals surface area contributed by atoms with Crippen LogP contribution in [0.5, 0.6) is 0 Å². The van der Waals surface area contributed by atoms with E-state index in [0.717, 1.165) is 11.8 Å². The van der Waals surface area contributed by atoms with E-state index in [1.54, 1.807) is 24.3 Å². The molecule has 1 aliphatic heterocycles. The van der Waals surface area contributed by atoms with E-state index in [1.165, 1.54) is 0 Å². The van der Waals surface area contributed by atoms with Gasteiger partial charge in [-0.05, 0) is 11.6 Å². The Hall–Kier alpha value is -1.71. The Bertz CT molecular complexity index is 377. The first-order chi connectivity index (χ1) is 7.24. The third-order valence-corrected chi connectivity index (χ3v) is 2.83. The molecule has 1 fully saturated rings. The van der Waals surface area contributed by atoms with Gasteiger partial charge < -0.3 is 9.69 Å². The lowest BCUT2D eigenvalue weighted by molar-refractivity contribution is -0.127. The van der Waals surface area contributed by atoms with Crippen LogP contribution < -0.4 is 0 Å². The quantitative estimate of drug-likeness (QED) is 0.669. The van der Waals surface area contributed by atoms with E-state index in [0.29, 0.717) is 6.42 Å². The number of hydrogen-bond donors (Lipinski definition) is 0. The number of likely N-dealkylation sites (tertiary alicyclic amines) is 1. The Morgan fingerprint density at radius 1 is 1.60 bits per heavy atom. The van der Waals surface area contributed by atoms with Crippen molar-refractivity contribution in [1.29, 1.82) is 0 Å². The van der Waals surface area contributed by atoms with E-state index >= 15 is 0 Å². The molecule has 0 spiro atoms. The van der Waals surface area contributed by atoms with Gasteiger partial charge in [-0.2, -0.15) is 0 Å². The van der Waals surface area contributed by atoms with Gasteiger partial charge in [-0.15, -0.1) is 0 Å². The molecular formula is C11H12N2O2. The van der Waals surface area contributed by atoms with Crippen LogP contribution in [0.15, 0.2) is 24.5 Å². The molecule has 1 saturated heterocycles. The van der Waals surface area contributed by atoms with E-state index in [9.17, 15) is 9.59 Å². The summed E-state index contributed by atoms with van der Waals surface area (Å²) in [5.41, 5.74) is 0.919. The summed E-state index contributed by atoms with van der Waals surface area (Å²) in [7, 11) is 1.73. The summed E-state index contributed by atoms with van der Waals surface area (Å²) in [6.07, 6.45) is 4.55. The second-order valence-corrected chi connectivity index (χ2v) is 3.74. The second kappa shape index (κ2) is 3.81. The van der Waals surface area contributed by atoms with Crippen molar-refractivity contribution in [3.8, 4) is 0 Å². The van der Waals surface area contributed by atoms with E-state index in [4.69, 9.17) is 0 Å². The van der Waals surface area contributed by atoms with E-state index in [1.807, 2.05) is 12.1 Å². The van der Waals surface area contributed by atoms with Crippen LogP contribution in [0.4, 0.5) is 0 Å². The van der Waals surface area contributed by atoms with Crippen molar-refractivity contribution in [3.05, 3.63) is 30.1 Å². The van der Waals surface area contributed by atoms with Crippen LogP contribution >= 0.6 is 0 Å². The molecular weight excluding hydrogens is 192 g/mol. The van der Waals surface area contributed by atoms with Crippen LogP contribution in [-0.4, -0.2) is 29.1 Å². The molecule has 0 N–H and O–H groups in total. The molecule has 4 nitrogen and oxygen atoms in total. The second-order valence-electron chi connectivity index (χ2n) is 3.74.